The number of nitrogens with two attached hydrogens (primary N) is 2. The number of carbonyl (C=O) groups excluding carboxylic acids is 1. The van der Waals surface area contributed by atoms with Crippen LogP contribution in [0.5, 0.6) is 0 Å². The first-order valence-electron chi connectivity index (χ1n) is 6.98. The van der Waals surface area contributed by atoms with Gasteiger partial charge in [-0.2, -0.15) is 0 Å². The molecule has 5 nitrogen and oxygen atoms in total. The van der Waals surface area contributed by atoms with Gasteiger partial charge in [-0.15, -0.1) is 11.3 Å². The molecule has 1 aliphatic heterocycles. The number of amides is 1. The summed E-state index contributed by atoms with van der Waals surface area (Å²) >= 11 is 0.929. The summed E-state index contributed by atoms with van der Waals surface area (Å²) in [5, 5.41) is 0.142. The van der Waals surface area contributed by atoms with Gasteiger partial charge in [-0.3, -0.25) is 4.79 Å². The summed E-state index contributed by atoms with van der Waals surface area (Å²) in [6, 6.07) is 3.88. The van der Waals surface area contributed by atoms with E-state index < -0.39 is 17.5 Å². The van der Waals surface area contributed by atoms with E-state index in [0.717, 1.165) is 11.3 Å². The van der Waals surface area contributed by atoms with Crippen molar-refractivity contribution in [1.29, 1.82) is 0 Å². The van der Waals surface area contributed by atoms with Gasteiger partial charge >= 0.3 is 0 Å². The van der Waals surface area contributed by atoms with E-state index in [2.05, 4.69) is 0 Å². The monoisotopic (exact) mass is 339 g/mol. The van der Waals surface area contributed by atoms with Gasteiger partial charge in [0.1, 0.15) is 11.6 Å². The van der Waals surface area contributed by atoms with Gasteiger partial charge in [-0.05, 0) is 18.2 Å². The highest BCUT2D eigenvalue weighted by molar-refractivity contribution is 7.19. The Labute approximate surface area is 135 Å². The molecular weight excluding hydrogens is 324 g/mol. The largest absolute Gasteiger partial charge is 0.390 e. The summed E-state index contributed by atoms with van der Waals surface area (Å²) in [4.78, 5) is 13.3. The van der Waals surface area contributed by atoms with Crippen molar-refractivity contribution in [3.05, 3.63) is 35.4 Å². The number of carbonyl (C=O) groups is 1. The maximum Gasteiger partial charge on any atom is 0.251 e. The molecule has 0 aliphatic carbocycles. The Morgan fingerprint density at radius 1 is 1.17 bits per heavy atom. The zero-order valence-corrected chi connectivity index (χ0v) is 13.0. The van der Waals surface area contributed by atoms with Gasteiger partial charge in [0.15, 0.2) is 0 Å². The Hall–Kier alpha value is -2.19. The number of halogens is 2. The van der Waals surface area contributed by atoms with Crippen LogP contribution in [0.1, 0.15) is 10.4 Å². The molecule has 1 aromatic heterocycles. The fraction of sp³-hybridized carbons (Fsp3) is 0.267. The number of nitrogens with zero attached hydrogens (tertiary/aromatic N) is 1. The Morgan fingerprint density at radius 3 is 2.30 bits per heavy atom. The molecule has 1 aliphatic rings. The predicted octanol–water partition coefficient (Wildman–Crippen LogP) is 2.21. The topological polar surface area (TPSA) is 81.6 Å². The zero-order chi connectivity index (χ0) is 16.6. The Kier molecular flexibility index (Phi) is 4.18. The molecule has 1 amide bonds. The number of thiophene rings is 1. The highest BCUT2D eigenvalue weighted by Gasteiger charge is 2.21. The molecule has 4 N–H and O–H groups in total. The highest BCUT2D eigenvalue weighted by Crippen LogP contribution is 2.37. The molecule has 8 heteroatoms. The number of anilines is 2. The number of hydrogen-bond acceptors (Lipinski definition) is 5. The van der Waals surface area contributed by atoms with Crippen molar-refractivity contribution in [1.82, 2.24) is 0 Å². The van der Waals surface area contributed by atoms with Crippen LogP contribution in [0, 0.1) is 11.6 Å². The third-order valence-electron chi connectivity index (χ3n) is 3.68. The number of ether oxygens (including phenoxy) is 1. The Morgan fingerprint density at radius 2 is 1.78 bits per heavy atom. The van der Waals surface area contributed by atoms with Crippen LogP contribution >= 0.6 is 11.3 Å². The minimum atomic E-state index is -0.726. The summed E-state index contributed by atoms with van der Waals surface area (Å²) in [7, 11) is 0. The van der Waals surface area contributed by atoms with Crippen molar-refractivity contribution >= 4 is 27.9 Å². The van der Waals surface area contributed by atoms with Crippen LogP contribution < -0.4 is 16.4 Å². The summed E-state index contributed by atoms with van der Waals surface area (Å²) in [6.45, 7) is 2.20. The number of morpholine rings is 1. The molecule has 0 bridgehead atoms. The quantitative estimate of drug-likeness (QED) is 0.898. The first kappa shape index (κ1) is 15.7. The molecule has 1 saturated heterocycles. The molecule has 23 heavy (non-hydrogen) atoms. The minimum absolute atomic E-state index is 0.0704. The molecule has 0 atom stereocenters. The lowest BCUT2D eigenvalue weighted by molar-refractivity contribution is 0.100. The molecule has 2 aromatic rings. The first-order valence-corrected chi connectivity index (χ1v) is 7.80. The molecule has 0 radical (unpaired) electrons. The molecule has 2 heterocycles. The standard InChI is InChI=1S/C15H15F2N3O2S/c16-10-5-8(20-1-3-22-4-2-20)6-11(17)13(10)12-7-9(14(18)21)15(19)23-12/h5-7H,1-4,19H2,(H2,18,21). The van der Waals surface area contributed by atoms with Crippen molar-refractivity contribution in [2.45, 2.75) is 0 Å². The highest BCUT2D eigenvalue weighted by atomic mass is 32.1. The van der Waals surface area contributed by atoms with Gasteiger partial charge in [0.25, 0.3) is 5.91 Å². The third kappa shape index (κ3) is 2.99. The van der Waals surface area contributed by atoms with Crippen LogP contribution in [0.4, 0.5) is 19.5 Å². The SMILES string of the molecule is NC(=O)c1cc(-c2c(F)cc(N3CCOCC3)cc2F)sc1N. The third-order valence-corrected chi connectivity index (χ3v) is 4.66. The second-order valence-electron chi connectivity index (χ2n) is 5.14. The maximum atomic E-state index is 14.4. The van der Waals surface area contributed by atoms with Crippen LogP contribution in [0.15, 0.2) is 18.2 Å². The van der Waals surface area contributed by atoms with Gasteiger partial charge in [-0.1, -0.05) is 0 Å². The molecule has 1 fully saturated rings. The number of hydrogen-bond donors (Lipinski definition) is 2. The van der Waals surface area contributed by atoms with Crippen molar-refractivity contribution in [3.63, 3.8) is 0 Å². The van der Waals surface area contributed by atoms with Gasteiger partial charge in [-0.25, -0.2) is 8.78 Å². The van der Waals surface area contributed by atoms with E-state index in [4.69, 9.17) is 16.2 Å². The second kappa shape index (κ2) is 6.13. The average molecular weight is 339 g/mol. The summed E-state index contributed by atoms with van der Waals surface area (Å²) in [5.41, 5.74) is 11.2. The molecular formula is C15H15F2N3O2S. The molecule has 122 valence electrons. The number of primary amides is 1. The van der Waals surface area contributed by atoms with Crippen LogP contribution in [-0.4, -0.2) is 32.2 Å². The van der Waals surface area contributed by atoms with E-state index in [1.54, 1.807) is 0 Å². The Balaban J connectivity index is 2.00. The van der Waals surface area contributed by atoms with Crippen molar-refractivity contribution in [2.24, 2.45) is 5.73 Å². The van der Waals surface area contributed by atoms with Crippen molar-refractivity contribution in [3.8, 4) is 10.4 Å². The fourth-order valence-corrected chi connectivity index (χ4v) is 3.50. The van der Waals surface area contributed by atoms with E-state index >= 15 is 0 Å². The average Bonchev–Trinajstić information content (AvgIpc) is 2.89. The van der Waals surface area contributed by atoms with Crippen molar-refractivity contribution < 1.29 is 18.3 Å². The molecule has 0 spiro atoms. The number of nitrogen functional groups attached to an aromatic ring is 1. The normalized spacial score (nSPS) is 15.0. The summed E-state index contributed by atoms with van der Waals surface area (Å²) in [5.74, 6) is -2.14. The van der Waals surface area contributed by atoms with E-state index in [1.165, 1.54) is 18.2 Å². The Bertz CT molecular complexity index is 734. The van der Waals surface area contributed by atoms with E-state index in [9.17, 15) is 13.6 Å². The molecule has 1 aromatic carbocycles. The number of benzene rings is 1. The molecule has 0 unspecified atom stereocenters. The summed E-state index contributed by atoms with van der Waals surface area (Å²) < 4.78 is 34.1. The number of rotatable bonds is 3. The summed E-state index contributed by atoms with van der Waals surface area (Å²) in [6.07, 6.45) is 0. The van der Waals surface area contributed by atoms with Crippen LogP contribution in [-0.2, 0) is 4.74 Å². The lowest BCUT2D eigenvalue weighted by Gasteiger charge is -2.29. The van der Waals surface area contributed by atoms with E-state index in [0.29, 0.717) is 32.0 Å². The molecule has 0 saturated carbocycles. The zero-order valence-electron chi connectivity index (χ0n) is 12.1. The lowest BCUT2D eigenvalue weighted by Crippen LogP contribution is -2.36. The van der Waals surface area contributed by atoms with Crippen LogP contribution in [0.3, 0.4) is 0 Å². The predicted molar refractivity (Wildman–Crippen MR) is 85.6 cm³/mol. The van der Waals surface area contributed by atoms with E-state index in [-0.39, 0.29) is 21.0 Å². The van der Waals surface area contributed by atoms with Crippen LogP contribution in [0.25, 0.3) is 10.4 Å². The van der Waals surface area contributed by atoms with Crippen molar-refractivity contribution in [2.75, 3.05) is 36.9 Å². The van der Waals surface area contributed by atoms with Crippen LogP contribution in [0.2, 0.25) is 0 Å². The van der Waals surface area contributed by atoms with Gasteiger partial charge in [0.2, 0.25) is 0 Å². The molecule has 3 rings (SSSR count). The second-order valence-corrected chi connectivity index (χ2v) is 6.22. The van der Waals surface area contributed by atoms with Gasteiger partial charge in [0.05, 0.1) is 29.3 Å². The maximum absolute atomic E-state index is 14.4. The smallest absolute Gasteiger partial charge is 0.251 e. The fourth-order valence-electron chi connectivity index (χ4n) is 2.52. The lowest BCUT2D eigenvalue weighted by atomic mass is 10.1. The minimum Gasteiger partial charge on any atom is -0.390 e. The van der Waals surface area contributed by atoms with E-state index in [1.807, 2.05) is 4.90 Å². The van der Waals surface area contributed by atoms with Gasteiger partial charge < -0.3 is 21.1 Å². The first-order chi connectivity index (χ1) is 11.0. The van der Waals surface area contributed by atoms with Gasteiger partial charge in [0, 0.05) is 23.7 Å².